The first-order valence-corrected chi connectivity index (χ1v) is 8.83. The van der Waals surface area contributed by atoms with Crippen molar-refractivity contribution in [1.82, 2.24) is 4.90 Å². The number of nitrogens with zero attached hydrogens (tertiary/aromatic N) is 1. The van der Waals surface area contributed by atoms with Crippen molar-refractivity contribution in [3.05, 3.63) is 35.4 Å². The number of carbonyl (C=O) groups is 1. The standard InChI is InChI=1S/C20H31F2NO/c1-7-20(5,6)19(24)23(15(4)12-14(2)3)11-10-16-8-9-17(21)13-18(16)22/h8-9,13-15H,7,10-12H2,1-6H3. The largest absolute Gasteiger partial charge is 0.339 e. The molecule has 1 rings (SSSR count). The molecule has 0 radical (unpaired) electrons. The van der Waals surface area contributed by atoms with Gasteiger partial charge in [0.15, 0.2) is 0 Å². The highest BCUT2D eigenvalue weighted by molar-refractivity contribution is 5.82. The van der Waals surface area contributed by atoms with Crippen molar-refractivity contribution >= 4 is 5.91 Å². The Labute approximate surface area is 145 Å². The highest BCUT2D eigenvalue weighted by Gasteiger charge is 2.32. The average molecular weight is 339 g/mol. The number of hydrogen-bond donors (Lipinski definition) is 0. The molecule has 0 heterocycles. The maximum Gasteiger partial charge on any atom is 0.228 e. The number of benzene rings is 1. The van der Waals surface area contributed by atoms with Gasteiger partial charge in [0.25, 0.3) is 0 Å². The molecule has 136 valence electrons. The lowest BCUT2D eigenvalue weighted by Gasteiger charge is -2.36. The van der Waals surface area contributed by atoms with E-state index >= 15 is 0 Å². The molecule has 0 spiro atoms. The van der Waals surface area contributed by atoms with Crippen molar-refractivity contribution in [3.8, 4) is 0 Å². The molecule has 0 aliphatic heterocycles. The lowest BCUT2D eigenvalue weighted by molar-refractivity contribution is -0.143. The molecule has 0 aliphatic carbocycles. The van der Waals surface area contributed by atoms with Gasteiger partial charge in [-0.05, 0) is 43.7 Å². The molecule has 1 unspecified atom stereocenters. The van der Waals surface area contributed by atoms with Crippen molar-refractivity contribution in [2.75, 3.05) is 6.54 Å². The molecule has 1 aromatic carbocycles. The normalized spacial score (nSPS) is 13.2. The van der Waals surface area contributed by atoms with Gasteiger partial charge in [0.1, 0.15) is 11.6 Å². The molecule has 0 saturated carbocycles. The minimum atomic E-state index is -0.579. The Morgan fingerprint density at radius 1 is 1.21 bits per heavy atom. The Hall–Kier alpha value is -1.45. The number of halogens is 2. The molecule has 0 aliphatic rings. The molecular weight excluding hydrogens is 308 g/mol. The van der Waals surface area contributed by atoms with E-state index in [0.29, 0.717) is 24.4 Å². The van der Waals surface area contributed by atoms with Crippen LogP contribution in [0.5, 0.6) is 0 Å². The molecule has 0 fully saturated rings. The molecule has 0 aromatic heterocycles. The Kier molecular flexibility index (Phi) is 7.37. The van der Waals surface area contributed by atoms with E-state index in [1.807, 2.05) is 32.6 Å². The van der Waals surface area contributed by atoms with Gasteiger partial charge in [0.2, 0.25) is 5.91 Å². The highest BCUT2D eigenvalue weighted by atomic mass is 19.1. The second-order valence-electron chi connectivity index (χ2n) is 7.70. The van der Waals surface area contributed by atoms with E-state index in [0.717, 1.165) is 18.9 Å². The van der Waals surface area contributed by atoms with Crippen LogP contribution in [0.3, 0.4) is 0 Å². The van der Waals surface area contributed by atoms with Crippen molar-refractivity contribution in [2.45, 2.75) is 66.8 Å². The molecule has 1 atom stereocenters. The van der Waals surface area contributed by atoms with Crippen LogP contribution in [0.2, 0.25) is 0 Å². The first-order valence-electron chi connectivity index (χ1n) is 8.83. The van der Waals surface area contributed by atoms with Crippen LogP contribution in [-0.4, -0.2) is 23.4 Å². The lowest BCUT2D eigenvalue weighted by Crippen LogP contribution is -2.47. The van der Waals surface area contributed by atoms with Crippen LogP contribution in [0.25, 0.3) is 0 Å². The smallest absolute Gasteiger partial charge is 0.228 e. The average Bonchev–Trinajstić information content (AvgIpc) is 2.48. The Bertz CT molecular complexity index is 555. The van der Waals surface area contributed by atoms with Crippen LogP contribution in [-0.2, 0) is 11.2 Å². The van der Waals surface area contributed by atoms with E-state index < -0.39 is 17.0 Å². The SMILES string of the molecule is CCC(C)(C)C(=O)N(CCc1ccc(F)cc1F)C(C)CC(C)C. The van der Waals surface area contributed by atoms with Crippen molar-refractivity contribution in [2.24, 2.45) is 11.3 Å². The molecule has 0 N–H and O–H groups in total. The monoisotopic (exact) mass is 339 g/mol. The van der Waals surface area contributed by atoms with Crippen molar-refractivity contribution < 1.29 is 13.6 Å². The Morgan fingerprint density at radius 3 is 2.33 bits per heavy atom. The highest BCUT2D eigenvalue weighted by Crippen LogP contribution is 2.26. The first kappa shape index (κ1) is 20.6. The van der Waals surface area contributed by atoms with Gasteiger partial charge in [-0.15, -0.1) is 0 Å². The van der Waals surface area contributed by atoms with Crippen LogP contribution in [0, 0.1) is 23.0 Å². The summed E-state index contributed by atoms with van der Waals surface area (Å²) < 4.78 is 26.9. The molecular formula is C20H31F2NO. The van der Waals surface area contributed by atoms with E-state index in [1.165, 1.54) is 12.1 Å². The topological polar surface area (TPSA) is 20.3 Å². The molecule has 2 nitrogen and oxygen atoms in total. The Morgan fingerprint density at radius 2 is 1.83 bits per heavy atom. The predicted molar refractivity (Wildman–Crippen MR) is 94.8 cm³/mol. The minimum Gasteiger partial charge on any atom is -0.339 e. The second kappa shape index (κ2) is 8.59. The van der Waals surface area contributed by atoms with Gasteiger partial charge >= 0.3 is 0 Å². The molecule has 1 amide bonds. The van der Waals surface area contributed by atoms with Gasteiger partial charge in [0, 0.05) is 24.1 Å². The van der Waals surface area contributed by atoms with Gasteiger partial charge in [-0.2, -0.15) is 0 Å². The number of hydrogen-bond acceptors (Lipinski definition) is 1. The fourth-order valence-electron chi connectivity index (χ4n) is 2.84. The van der Waals surface area contributed by atoms with Crippen molar-refractivity contribution in [3.63, 3.8) is 0 Å². The van der Waals surface area contributed by atoms with Gasteiger partial charge in [-0.3, -0.25) is 4.79 Å². The molecule has 0 bridgehead atoms. The van der Waals surface area contributed by atoms with E-state index in [1.54, 1.807) is 0 Å². The molecule has 4 heteroatoms. The summed E-state index contributed by atoms with van der Waals surface area (Å²) in [6.07, 6.45) is 2.04. The maximum absolute atomic E-state index is 13.9. The summed E-state index contributed by atoms with van der Waals surface area (Å²) in [4.78, 5) is 14.8. The van der Waals surface area contributed by atoms with Crippen molar-refractivity contribution in [1.29, 1.82) is 0 Å². The van der Waals surface area contributed by atoms with Gasteiger partial charge in [-0.25, -0.2) is 8.78 Å². The second-order valence-corrected chi connectivity index (χ2v) is 7.70. The summed E-state index contributed by atoms with van der Waals surface area (Å²) in [7, 11) is 0. The summed E-state index contributed by atoms with van der Waals surface area (Å²) >= 11 is 0. The summed E-state index contributed by atoms with van der Waals surface area (Å²) in [5.74, 6) is -0.554. The third kappa shape index (κ3) is 5.57. The third-order valence-corrected chi connectivity index (χ3v) is 4.71. The van der Waals surface area contributed by atoms with E-state index in [4.69, 9.17) is 0 Å². The lowest BCUT2D eigenvalue weighted by atomic mass is 9.87. The Balaban J connectivity index is 2.94. The minimum absolute atomic E-state index is 0.0897. The fraction of sp³-hybridized carbons (Fsp3) is 0.650. The molecule has 24 heavy (non-hydrogen) atoms. The van der Waals surface area contributed by atoms with Gasteiger partial charge in [-0.1, -0.05) is 40.7 Å². The number of carbonyl (C=O) groups excluding carboxylic acids is 1. The van der Waals surface area contributed by atoms with Crippen LogP contribution >= 0.6 is 0 Å². The molecule has 1 aromatic rings. The van der Waals surface area contributed by atoms with Gasteiger partial charge < -0.3 is 4.90 Å². The third-order valence-electron chi connectivity index (χ3n) is 4.71. The zero-order valence-corrected chi connectivity index (χ0v) is 15.8. The molecule has 0 saturated heterocycles. The number of rotatable bonds is 8. The summed E-state index contributed by atoms with van der Waals surface area (Å²) in [6.45, 7) is 12.6. The van der Waals surface area contributed by atoms with Crippen LogP contribution in [0.15, 0.2) is 18.2 Å². The van der Waals surface area contributed by atoms with E-state index in [-0.39, 0.29) is 11.9 Å². The van der Waals surface area contributed by atoms with E-state index in [9.17, 15) is 13.6 Å². The van der Waals surface area contributed by atoms with E-state index in [2.05, 4.69) is 13.8 Å². The fourth-order valence-corrected chi connectivity index (χ4v) is 2.84. The zero-order chi connectivity index (χ0) is 18.5. The number of amides is 1. The van der Waals surface area contributed by atoms with Crippen LogP contribution < -0.4 is 0 Å². The van der Waals surface area contributed by atoms with Crippen LogP contribution in [0.4, 0.5) is 8.78 Å². The predicted octanol–water partition coefficient (Wildman–Crippen LogP) is 5.21. The maximum atomic E-state index is 13.9. The summed E-state index contributed by atoms with van der Waals surface area (Å²) in [5, 5.41) is 0. The van der Waals surface area contributed by atoms with Crippen LogP contribution in [0.1, 0.15) is 59.9 Å². The van der Waals surface area contributed by atoms with Gasteiger partial charge in [0.05, 0.1) is 0 Å². The zero-order valence-electron chi connectivity index (χ0n) is 15.8. The summed E-state index contributed by atoms with van der Waals surface area (Å²) in [5.41, 5.74) is 0.00676. The summed E-state index contributed by atoms with van der Waals surface area (Å²) in [6, 6.07) is 3.71. The quantitative estimate of drug-likeness (QED) is 0.637. The first-order chi connectivity index (χ1) is 11.1.